The zero-order valence-electron chi connectivity index (χ0n) is 10.7. The first kappa shape index (κ1) is 12.4. The van der Waals surface area contributed by atoms with Gasteiger partial charge in [0.25, 0.3) is 0 Å². The SMILES string of the molecule is O=C(O)c1ccnc(N2CCCC3CCCC32)c1F. The van der Waals surface area contributed by atoms with Gasteiger partial charge in [-0.1, -0.05) is 6.42 Å². The van der Waals surface area contributed by atoms with Crippen molar-refractivity contribution < 1.29 is 14.3 Å². The van der Waals surface area contributed by atoms with E-state index >= 15 is 0 Å². The first-order valence-electron chi connectivity index (χ1n) is 6.83. The van der Waals surface area contributed by atoms with Crippen LogP contribution >= 0.6 is 0 Å². The molecule has 3 rings (SSSR count). The molecule has 0 aromatic carbocycles. The molecule has 0 bridgehead atoms. The molecule has 1 N–H and O–H groups in total. The second-order valence-electron chi connectivity index (χ2n) is 5.40. The Labute approximate surface area is 111 Å². The number of rotatable bonds is 2. The smallest absolute Gasteiger partial charge is 0.338 e. The molecule has 1 saturated carbocycles. The van der Waals surface area contributed by atoms with Crippen LogP contribution < -0.4 is 4.90 Å². The fraction of sp³-hybridized carbons (Fsp3) is 0.571. The Balaban J connectivity index is 1.97. The highest BCUT2D eigenvalue weighted by Gasteiger charge is 2.37. The van der Waals surface area contributed by atoms with Gasteiger partial charge < -0.3 is 10.0 Å². The van der Waals surface area contributed by atoms with Crippen molar-refractivity contribution in [2.24, 2.45) is 5.92 Å². The molecule has 1 aliphatic carbocycles. The number of hydrogen-bond acceptors (Lipinski definition) is 3. The van der Waals surface area contributed by atoms with Crippen molar-refractivity contribution >= 4 is 11.8 Å². The number of halogens is 1. The van der Waals surface area contributed by atoms with Crippen LogP contribution in [0.2, 0.25) is 0 Å². The van der Waals surface area contributed by atoms with E-state index in [1.807, 2.05) is 4.90 Å². The lowest BCUT2D eigenvalue weighted by Gasteiger charge is -2.38. The normalized spacial score (nSPS) is 26.3. The molecular formula is C14H17FN2O2. The maximum Gasteiger partial charge on any atom is 0.338 e. The maximum atomic E-state index is 14.3. The van der Waals surface area contributed by atoms with Gasteiger partial charge in [-0.15, -0.1) is 0 Å². The molecule has 5 heteroatoms. The summed E-state index contributed by atoms with van der Waals surface area (Å²) in [4.78, 5) is 17.1. The fourth-order valence-corrected chi connectivity index (χ4v) is 3.52. The lowest BCUT2D eigenvalue weighted by molar-refractivity contribution is 0.0691. The number of pyridine rings is 1. The number of piperidine rings is 1. The Morgan fingerprint density at radius 2 is 2.16 bits per heavy atom. The minimum absolute atomic E-state index is 0.219. The summed E-state index contributed by atoms with van der Waals surface area (Å²) in [6.45, 7) is 0.772. The molecule has 1 aromatic rings. The van der Waals surface area contributed by atoms with Crippen LogP contribution in [0.3, 0.4) is 0 Å². The number of fused-ring (bicyclic) bond motifs is 1. The van der Waals surface area contributed by atoms with Crippen LogP contribution in [0.25, 0.3) is 0 Å². The Kier molecular flexibility index (Phi) is 3.12. The number of aromatic carboxylic acids is 1. The lowest BCUT2D eigenvalue weighted by Crippen LogP contribution is -2.43. The monoisotopic (exact) mass is 264 g/mol. The zero-order chi connectivity index (χ0) is 13.4. The molecule has 0 radical (unpaired) electrons. The van der Waals surface area contributed by atoms with E-state index in [9.17, 15) is 9.18 Å². The number of carboxylic acid groups (broad SMARTS) is 1. The lowest BCUT2D eigenvalue weighted by atomic mass is 9.92. The Hall–Kier alpha value is -1.65. The van der Waals surface area contributed by atoms with E-state index in [4.69, 9.17) is 5.11 Å². The van der Waals surface area contributed by atoms with Crippen LogP contribution in [0, 0.1) is 11.7 Å². The summed E-state index contributed by atoms with van der Waals surface area (Å²) in [6.07, 6.45) is 7.04. The molecule has 1 aromatic heterocycles. The minimum Gasteiger partial charge on any atom is -0.478 e. The van der Waals surface area contributed by atoms with Crippen molar-refractivity contribution in [3.63, 3.8) is 0 Å². The standard InChI is InChI=1S/C14H17FN2O2/c15-12-10(14(18)19)6-7-16-13(12)17-8-2-4-9-3-1-5-11(9)17/h6-7,9,11H,1-5,8H2,(H,18,19). The van der Waals surface area contributed by atoms with E-state index in [2.05, 4.69) is 4.98 Å². The predicted molar refractivity (Wildman–Crippen MR) is 68.9 cm³/mol. The van der Waals surface area contributed by atoms with Crippen LogP contribution in [0.1, 0.15) is 42.5 Å². The van der Waals surface area contributed by atoms with E-state index in [-0.39, 0.29) is 11.4 Å². The maximum absolute atomic E-state index is 14.3. The third-order valence-corrected chi connectivity index (χ3v) is 4.37. The van der Waals surface area contributed by atoms with Gasteiger partial charge in [0.15, 0.2) is 11.6 Å². The van der Waals surface area contributed by atoms with Crippen molar-refractivity contribution in [3.05, 3.63) is 23.6 Å². The van der Waals surface area contributed by atoms with Crippen LogP contribution in [0.5, 0.6) is 0 Å². The fourth-order valence-electron chi connectivity index (χ4n) is 3.52. The summed E-state index contributed by atoms with van der Waals surface area (Å²) >= 11 is 0. The van der Waals surface area contributed by atoms with Gasteiger partial charge in [0.2, 0.25) is 0 Å². The molecule has 2 fully saturated rings. The quantitative estimate of drug-likeness (QED) is 0.892. The molecule has 2 atom stereocenters. The van der Waals surface area contributed by atoms with Gasteiger partial charge in [0, 0.05) is 18.8 Å². The van der Waals surface area contributed by atoms with Crippen LogP contribution in [-0.4, -0.2) is 28.6 Å². The average molecular weight is 264 g/mol. The molecule has 2 unspecified atom stereocenters. The number of carbonyl (C=O) groups is 1. The number of aromatic nitrogens is 1. The molecule has 2 aliphatic rings. The summed E-state index contributed by atoms with van der Waals surface area (Å²) < 4.78 is 14.3. The molecular weight excluding hydrogens is 247 g/mol. The Morgan fingerprint density at radius 1 is 1.37 bits per heavy atom. The first-order valence-corrected chi connectivity index (χ1v) is 6.83. The Bertz CT molecular complexity index is 506. The Morgan fingerprint density at radius 3 is 2.95 bits per heavy atom. The number of nitrogens with zero attached hydrogens (tertiary/aromatic N) is 2. The van der Waals surface area contributed by atoms with E-state index in [0.717, 1.165) is 19.4 Å². The van der Waals surface area contributed by atoms with Gasteiger partial charge in [-0.2, -0.15) is 0 Å². The van der Waals surface area contributed by atoms with Gasteiger partial charge in [-0.3, -0.25) is 0 Å². The molecule has 1 aliphatic heterocycles. The second kappa shape index (κ2) is 4.79. The summed E-state index contributed by atoms with van der Waals surface area (Å²) in [5, 5.41) is 8.99. The van der Waals surface area contributed by atoms with Crippen LogP contribution in [-0.2, 0) is 0 Å². The largest absolute Gasteiger partial charge is 0.478 e. The van der Waals surface area contributed by atoms with Crippen molar-refractivity contribution in [2.75, 3.05) is 11.4 Å². The molecule has 102 valence electrons. The van der Waals surface area contributed by atoms with Gasteiger partial charge in [0.1, 0.15) is 5.56 Å². The van der Waals surface area contributed by atoms with Gasteiger partial charge in [-0.05, 0) is 37.7 Å². The number of hydrogen-bond donors (Lipinski definition) is 1. The molecule has 0 spiro atoms. The van der Waals surface area contributed by atoms with Gasteiger partial charge >= 0.3 is 5.97 Å². The second-order valence-corrected chi connectivity index (χ2v) is 5.40. The third-order valence-electron chi connectivity index (χ3n) is 4.37. The van der Waals surface area contributed by atoms with Crippen molar-refractivity contribution in [3.8, 4) is 0 Å². The van der Waals surface area contributed by atoms with E-state index in [1.54, 1.807) is 0 Å². The van der Waals surface area contributed by atoms with Gasteiger partial charge in [0.05, 0.1) is 0 Å². The van der Waals surface area contributed by atoms with E-state index in [0.29, 0.717) is 12.0 Å². The highest BCUT2D eigenvalue weighted by molar-refractivity contribution is 5.88. The molecule has 4 nitrogen and oxygen atoms in total. The highest BCUT2D eigenvalue weighted by Crippen LogP contribution is 2.39. The number of carboxylic acids is 1. The van der Waals surface area contributed by atoms with Crippen molar-refractivity contribution in [1.82, 2.24) is 4.98 Å². The van der Waals surface area contributed by atoms with E-state index in [1.165, 1.54) is 31.5 Å². The third kappa shape index (κ3) is 2.07. The molecule has 19 heavy (non-hydrogen) atoms. The summed E-state index contributed by atoms with van der Waals surface area (Å²) in [6, 6.07) is 1.55. The summed E-state index contributed by atoms with van der Waals surface area (Å²) in [5.41, 5.74) is -0.287. The molecule has 1 saturated heterocycles. The first-order chi connectivity index (χ1) is 9.18. The summed E-state index contributed by atoms with van der Waals surface area (Å²) in [5.74, 6) is -1.09. The van der Waals surface area contributed by atoms with Crippen LogP contribution in [0.4, 0.5) is 10.2 Å². The zero-order valence-corrected chi connectivity index (χ0v) is 10.7. The number of anilines is 1. The van der Waals surface area contributed by atoms with Crippen molar-refractivity contribution in [1.29, 1.82) is 0 Å². The summed E-state index contributed by atoms with van der Waals surface area (Å²) in [7, 11) is 0. The minimum atomic E-state index is -1.24. The predicted octanol–water partition coefficient (Wildman–Crippen LogP) is 2.69. The van der Waals surface area contributed by atoms with Crippen LogP contribution in [0.15, 0.2) is 12.3 Å². The van der Waals surface area contributed by atoms with E-state index < -0.39 is 11.8 Å². The van der Waals surface area contributed by atoms with Crippen molar-refractivity contribution in [2.45, 2.75) is 38.1 Å². The highest BCUT2D eigenvalue weighted by atomic mass is 19.1. The molecule has 0 amide bonds. The van der Waals surface area contributed by atoms with Gasteiger partial charge in [-0.25, -0.2) is 14.2 Å². The molecule has 2 heterocycles. The average Bonchev–Trinajstić information content (AvgIpc) is 2.87. The topological polar surface area (TPSA) is 53.4 Å².